The van der Waals surface area contributed by atoms with Crippen LogP contribution in [0.4, 0.5) is 13.2 Å². The summed E-state index contributed by atoms with van der Waals surface area (Å²) < 4.78 is 41.6. The molecule has 0 bridgehead atoms. The standard InChI is InChI=1S/C10H9Br2F3O/c11-5-9(16-6-10(13,14)15)7-2-1-3-8(12)4-7/h1-4,9H,5-6H2. The molecule has 1 rings (SSSR count). The second kappa shape index (κ2) is 6.02. The Bertz CT molecular complexity index is 341. The van der Waals surface area contributed by atoms with E-state index in [1.54, 1.807) is 24.3 Å². The number of benzene rings is 1. The van der Waals surface area contributed by atoms with Crippen molar-refractivity contribution in [2.45, 2.75) is 12.3 Å². The highest BCUT2D eigenvalue weighted by atomic mass is 79.9. The Kier molecular flexibility index (Phi) is 5.27. The van der Waals surface area contributed by atoms with Crippen LogP contribution >= 0.6 is 31.9 Å². The molecule has 0 N–H and O–H groups in total. The van der Waals surface area contributed by atoms with E-state index in [4.69, 9.17) is 4.74 Å². The van der Waals surface area contributed by atoms with Crippen molar-refractivity contribution in [3.05, 3.63) is 34.3 Å². The van der Waals surface area contributed by atoms with Crippen LogP contribution in [0.15, 0.2) is 28.7 Å². The molecule has 0 aliphatic heterocycles. The van der Waals surface area contributed by atoms with E-state index in [1.165, 1.54) is 0 Å². The van der Waals surface area contributed by atoms with Gasteiger partial charge < -0.3 is 4.74 Å². The van der Waals surface area contributed by atoms with Gasteiger partial charge in [-0.3, -0.25) is 0 Å². The summed E-state index contributed by atoms with van der Waals surface area (Å²) >= 11 is 6.39. The van der Waals surface area contributed by atoms with Gasteiger partial charge in [-0.25, -0.2) is 0 Å². The molecule has 0 saturated heterocycles. The molecule has 1 atom stereocenters. The first-order chi connectivity index (χ1) is 7.42. The zero-order valence-corrected chi connectivity index (χ0v) is 11.3. The molecule has 0 saturated carbocycles. The molecule has 0 radical (unpaired) electrons. The number of rotatable bonds is 4. The number of halogens is 5. The summed E-state index contributed by atoms with van der Waals surface area (Å²) in [5, 5.41) is 0.319. The summed E-state index contributed by atoms with van der Waals surface area (Å²) in [7, 11) is 0. The lowest BCUT2D eigenvalue weighted by Gasteiger charge is -2.17. The fraction of sp³-hybridized carbons (Fsp3) is 0.400. The maximum absolute atomic E-state index is 12.0. The SMILES string of the molecule is FC(F)(F)COC(CBr)c1cccc(Br)c1. The van der Waals surface area contributed by atoms with Crippen molar-refractivity contribution in [3.63, 3.8) is 0 Å². The van der Waals surface area contributed by atoms with Gasteiger partial charge in [0, 0.05) is 9.80 Å². The molecular weight excluding hydrogens is 353 g/mol. The Hall–Kier alpha value is -0.0700. The van der Waals surface area contributed by atoms with Gasteiger partial charge in [0.2, 0.25) is 0 Å². The van der Waals surface area contributed by atoms with Gasteiger partial charge in [-0.1, -0.05) is 44.0 Å². The Morgan fingerprint density at radius 3 is 2.50 bits per heavy atom. The zero-order valence-electron chi connectivity index (χ0n) is 8.10. The molecule has 0 aliphatic carbocycles. The van der Waals surface area contributed by atoms with Crippen LogP contribution in [0, 0.1) is 0 Å². The quantitative estimate of drug-likeness (QED) is 0.719. The molecule has 0 fully saturated rings. The first-order valence-electron chi connectivity index (χ1n) is 4.42. The average molecular weight is 362 g/mol. The Balaban J connectivity index is 2.68. The Morgan fingerprint density at radius 1 is 1.31 bits per heavy atom. The minimum Gasteiger partial charge on any atom is -0.363 e. The summed E-state index contributed by atoms with van der Waals surface area (Å²) in [4.78, 5) is 0. The Morgan fingerprint density at radius 2 is 2.00 bits per heavy atom. The van der Waals surface area contributed by atoms with Crippen LogP contribution in [0.3, 0.4) is 0 Å². The van der Waals surface area contributed by atoms with Crippen molar-refractivity contribution in [2.75, 3.05) is 11.9 Å². The van der Waals surface area contributed by atoms with Crippen LogP contribution in [0.5, 0.6) is 0 Å². The van der Waals surface area contributed by atoms with Crippen molar-refractivity contribution in [3.8, 4) is 0 Å². The largest absolute Gasteiger partial charge is 0.411 e. The summed E-state index contributed by atoms with van der Waals surface area (Å²) in [6.45, 7) is -1.24. The molecule has 1 aromatic rings. The lowest BCUT2D eigenvalue weighted by molar-refractivity contribution is -0.183. The number of alkyl halides is 4. The van der Waals surface area contributed by atoms with E-state index in [9.17, 15) is 13.2 Å². The first kappa shape index (κ1) is 14.0. The van der Waals surface area contributed by atoms with Gasteiger partial charge in [0.05, 0.1) is 6.10 Å². The fourth-order valence-electron chi connectivity index (χ4n) is 1.13. The molecule has 0 aromatic heterocycles. The van der Waals surface area contributed by atoms with E-state index >= 15 is 0 Å². The summed E-state index contributed by atoms with van der Waals surface area (Å²) in [5.74, 6) is 0. The van der Waals surface area contributed by atoms with Gasteiger partial charge in [0.25, 0.3) is 0 Å². The molecular formula is C10H9Br2F3O. The molecule has 0 spiro atoms. The van der Waals surface area contributed by atoms with Gasteiger partial charge >= 0.3 is 6.18 Å². The Labute approximate surface area is 108 Å². The number of hydrogen-bond donors (Lipinski definition) is 0. The molecule has 0 aliphatic rings. The molecule has 0 amide bonds. The first-order valence-corrected chi connectivity index (χ1v) is 6.33. The van der Waals surface area contributed by atoms with Crippen molar-refractivity contribution in [1.82, 2.24) is 0 Å². The van der Waals surface area contributed by atoms with E-state index < -0.39 is 18.9 Å². The minimum atomic E-state index is -4.30. The highest BCUT2D eigenvalue weighted by Gasteiger charge is 2.29. The monoisotopic (exact) mass is 360 g/mol. The molecule has 1 nitrogen and oxygen atoms in total. The van der Waals surface area contributed by atoms with E-state index in [2.05, 4.69) is 31.9 Å². The van der Waals surface area contributed by atoms with Crippen molar-refractivity contribution in [1.29, 1.82) is 0 Å². The lowest BCUT2D eigenvalue weighted by Crippen LogP contribution is -2.20. The summed E-state index contributed by atoms with van der Waals surface area (Å²) in [6, 6.07) is 7.03. The maximum Gasteiger partial charge on any atom is 0.411 e. The predicted molar refractivity (Wildman–Crippen MR) is 62.7 cm³/mol. The summed E-state index contributed by atoms with van der Waals surface area (Å²) in [5.41, 5.74) is 0.704. The van der Waals surface area contributed by atoms with Gasteiger partial charge in [0.15, 0.2) is 0 Å². The molecule has 6 heteroatoms. The third kappa shape index (κ3) is 4.84. The highest BCUT2D eigenvalue weighted by molar-refractivity contribution is 9.10. The van der Waals surface area contributed by atoms with Crippen LogP contribution in [0.1, 0.15) is 11.7 Å². The van der Waals surface area contributed by atoms with Gasteiger partial charge in [-0.15, -0.1) is 0 Å². The normalized spacial score (nSPS) is 13.8. The number of ether oxygens (including phenoxy) is 1. The number of hydrogen-bond acceptors (Lipinski definition) is 1. The van der Waals surface area contributed by atoms with E-state index in [0.29, 0.717) is 10.9 Å². The van der Waals surface area contributed by atoms with Crippen molar-refractivity contribution < 1.29 is 17.9 Å². The lowest BCUT2D eigenvalue weighted by atomic mass is 10.1. The average Bonchev–Trinajstić information content (AvgIpc) is 2.17. The van der Waals surface area contributed by atoms with E-state index in [-0.39, 0.29) is 0 Å². The van der Waals surface area contributed by atoms with E-state index in [0.717, 1.165) is 4.47 Å². The molecule has 1 unspecified atom stereocenters. The van der Waals surface area contributed by atoms with Gasteiger partial charge in [-0.2, -0.15) is 13.2 Å². The van der Waals surface area contributed by atoms with Crippen LogP contribution in [-0.2, 0) is 4.74 Å². The van der Waals surface area contributed by atoms with Crippen LogP contribution in [0.2, 0.25) is 0 Å². The van der Waals surface area contributed by atoms with Crippen molar-refractivity contribution >= 4 is 31.9 Å². The maximum atomic E-state index is 12.0. The predicted octanol–water partition coefficient (Wildman–Crippen LogP) is 4.46. The topological polar surface area (TPSA) is 9.23 Å². The van der Waals surface area contributed by atoms with Gasteiger partial charge in [-0.05, 0) is 17.7 Å². The fourth-order valence-corrected chi connectivity index (χ4v) is 2.11. The van der Waals surface area contributed by atoms with Gasteiger partial charge in [0.1, 0.15) is 6.61 Å². The minimum absolute atomic E-state index is 0.319. The van der Waals surface area contributed by atoms with Crippen molar-refractivity contribution in [2.24, 2.45) is 0 Å². The van der Waals surface area contributed by atoms with E-state index in [1.807, 2.05) is 0 Å². The van der Waals surface area contributed by atoms with Crippen LogP contribution < -0.4 is 0 Å². The third-order valence-corrected chi connectivity index (χ3v) is 2.89. The molecule has 16 heavy (non-hydrogen) atoms. The molecule has 90 valence electrons. The smallest absolute Gasteiger partial charge is 0.363 e. The highest BCUT2D eigenvalue weighted by Crippen LogP contribution is 2.25. The second-order valence-electron chi connectivity index (χ2n) is 3.12. The third-order valence-electron chi connectivity index (χ3n) is 1.81. The van der Waals surface area contributed by atoms with Crippen LogP contribution in [-0.4, -0.2) is 18.1 Å². The second-order valence-corrected chi connectivity index (χ2v) is 4.69. The summed E-state index contributed by atoms with van der Waals surface area (Å²) in [6.07, 6.45) is -4.90. The molecule has 1 aromatic carbocycles. The molecule has 0 heterocycles. The van der Waals surface area contributed by atoms with Crippen LogP contribution in [0.25, 0.3) is 0 Å². The zero-order chi connectivity index (χ0) is 12.2.